The van der Waals surface area contributed by atoms with Crippen molar-refractivity contribution in [2.24, 2.45) is 5.41 Å². The summed E-state index contributed by atoms with van der Waals surface area (Å²) < 4.78 is 0. The van der Waals surface area contributed by atoms with Crippen molar-refractivity contribution in [1.82, 2.24) is 10.2 Å². The van der Waals surface area contributed by atoms with Gasteiger partial charge in [0.25, 0.3) is 0 Å². The van der Waals surface area contributed by atoms with Gasteiger partial charge in [-0.2, -0.15) is 0 Å². The van der Waals surface area contributed by atoms with Crippen molar-refractivity contribution in [1.29, 1.82) is 0 Å². The first-order valence-corrected chi connectivity index (χ1v) is 8.36. The van der Waals surface area contributed by atoms with Crippen LogP contribution in [0.2, 0.25) is 0 Å². The minimum Gasteiger partial charge on any atom is -0.316 e. The van der Waals surface area contributed by atoms with Gasteiger partial charge in [0.1, 0.15) is 0 Å². The number of likely N-dealkylation sites (N-methyl/N-ethyl adjacent to an activating group) is 1. The molecule has 0 aromatic heterocycles. The maximum atomic E-state index is 12.9. The molecule has 0 aliphatic carbocycles. The van der Waals surface area contributed by atoms with Crippen LogP contribution in [-0.4, -0.2) is 50.1 Å². The SMILES string of the molecule is CN(CC1(C)CCNC1)C1CCCN(c2ccccc2)C1=O.Cl. The summed E-state index contributed by atoms with van der Waals surface area (Å²) in [5, 5.41) is 3.44. The highest BCUT2D eigenvalue weighted by molar-refractivity contribution is 5.97. The van der Waals surface area contributed by atoms with E-state index >= 15 is 0 Å². The first-order chi connectivity index (χ1) is 10.6. The van der Waals surface area contributed by atoms with Gasteiger partial charge in [-0.05, 0) is 50.4 Å². The van der Waals surface area contributed by atoms with E-state index < -0.39 is 0 Å². The van der Waals surface area contributed by atoms with Crippen LogP contribution < -0.4 is 10.2 Å². The molecule has 23 heavy (non-hydrogen) atoms. The summed E-state index contributed by atoms with van der Waals surface area (Å²) in [4.78, 5) is 17.2. The van der Waals surface area contributed by atoms with E-state index in [1.54, 1.807) is 0 Å². The fourth-order valence-electron chi connectivity index (χ4n) is 3.85. The second-order valence-electron chi connectivity index (χ2n) is 7.14. The summed E-state index contributed by atoms with van der Waals surface area (Å²) in [6, 6.07) is 10.1. The van der Waals surface area contributed by atoms with Crippen LogP contribution in [0.25, 0.3) is 0 Å². The molecule has 2 saturated heterocycles. The highest BCUT2D eigenvalue weighted by Gasteiger charge is 2.36. The molecule has 2 unspecified atom stereocenters. The van der Waals surface area contributed by atoms with Gasteiger partial charge in [-0.15, -0.1) is 12.4 Å². The molecule has 1 amide bonds. The Morgan fingerprint density at radius 1 is 1.35 bits per heavy atom. The minimum absolute atomic E-state index is 0. The molecule has 0 spiro atoms. The molecule has 1 N–H and O–H groups in total. The summed E-state index contributed by atoms with van der Waals surface area (Å²) >= 11 is 0. The molecule has 4 nitrogen and oxygen atoms in total. The van der Waals surface area contributed by atoms with Gasteiger partial charge in [0.15, 0.2) is 0 Å². The molecule has 2 aliphatic heterocycles. The lowest BCUT2D eigenvalue weighted by Crippen LogP contribution is -2.53. The summed E-state index contributed by atoms with van der Waals surface area (Å²) in [7, 11) is 2.11. The molecular weight excluding hydrogens is 310 g/mol. The van der Waals surface area contributed by atoms with Crippen LogP contribution >= 0.6 is 12.4 Å². The van der Waals surface area contributed by atoms with Crippen molar-refractivity contribution in [3.63, 3.8) is 0 Å². The van der Waals surface area contributed by atoms with Gasteiger partial charge in [-0.1, -0.05) is 25.1 Å². The highest BCUT2D eigenvalue weighted by Crippen LogP contribution is 2.29. The number of piperidine rings is 1. The maximum absolute atomic E-state index is 12.9. The molecule has 3 rings (SSSR count). The Morgan fingerprint density at radius 2 is 2.09 bits per heavy atom. The Morgan fingerprint density at radius 3 is 2.74 bits per heavy atom. The number of para-hydroxylation sites is 1. The zero-order chi connectivity index (χ0) is 15.6. The van der Waals surface area contributed by atoms with Crippen LogP contribution in [0, 0.1) is 5.41 Å². The summed E-state index contributed by atoms with van der Waals surface area (Å²) in [5.41, 5.74) is 1.32. The minimum atomic E-state index is 0. The van der Waals surface area contributed by atoms with Crippen molar-refractivity contribution in [3.05, 3.63) is 30.3 Å². The number of benzene rings is 1. The quantitative estimate of drug-likeness (QED) is 0.917. The average Bonchev–Trinajstić information content (AvgIpc) is 2.94. The van der Waals surface area contributed by atoms with Crippen LogP contribution in [-0.2, 0) is 4.79 Å². The van der Waals surface area contributed by atoms with Gasteiger partial charge in [0, 0.05) is 25.3 Å². The Labute approximate surface area is 145 Å². The number of amides is 1. The second kappa shape index (κ2) is 7.65. The number of carbonyl (C=O) groups excluding carboxylic acids is 1. The third-order valence-electron chi connectivity index (χ3n) is 5.10. The topological polar surface area (TPSA) is 35.6 Å². The number of nitrogens with one attached hydrogen (secondary N) is 1. The molecule has 2 atom stereocenters. The van der Waals surface area contributed by atoms with E-state index in [1.807, 2.05) is 35.2 Å². The molecule has 2 fully saturated rings. The van der Waals surface area contributed by atoms with Crippen molar-refractivity contribution in [3.8, 4) is 0 Å². The molecule has 0 bridgehead atoms. The van der Waals surface area contributed by atoms with Crippen LogP contribution in [0.4, 0.5) is 5.69 Å². The number of hydrogen-bond donors (Lipinski definition) is 1. The molecule has 1 aromatic rings. The van der Waals surface area contributed by atoms with E-state index in [1.165, 1.54) is 6.42 Å². The fourth-order valence-corrected chi connectivity index (χ4v) is 3.85. The van der Waals surface area contributed by atoms with Crippen LogP contribution in [0.15, 0.2) is 30.3 Å². The zero-order valence-electron chi connectivity index (χ0n) is 14.1. The first kappa shape index (κ1) is 18.2. The Kier molecular flexibility index (Phi) is 6.06. The molecule has 2 heterocycles. The molecule has 2 aliphatic rings. The lowest BCUT2D eigenvalue weighted by Gasteiger charge is -2.39. The number of rotatable bonds is 4. The number of hydrogen-bond acceptors (Lipinski definition) is 3. The molecule has 1 aromatic carbocycles. The van der Waals surface area contributed by atoms with Crippen molar-refractivity contribution >= 4 is 24.0 Å². The number of halogens is 1. The summed E-state index contributed by atoms with van der Waals surface area (Å²) in [6.07, 6.45) is 3.24. The van der Waals surface area contributed by atoms with Crippen molar-refractivity contribution < 1.29 is 4.79 Å². The zero-order valence-corrected chi connectivity index (χ0v) is 14.9. The van der Waals surface area contributed by atoms with Crippen molar-refractivity contribution in [2.45, 2.75) is 32.2 Å². The monoisotopic (exact) mass is 337 g/mol. The van der Waals surface area contributed by atoms with Crippen LogP contribution in [0.3, 0.4) is 0 Å². The maximum Gasteiger partial charge on any atom is 0.244 e. The average molecular weight is 338 g/mol. The number of nitrogens with zero attached hydrogens (tertiary/aromatic N) is 2. The highest BCUT2D eigenvalue weighted by atomic mass is 35.5. The van der Waals surface area contributed by atoms with Gasteiger partial charge < -0.3 is 10.2 Å². The second-order valence-corrected chi connectivity index (χ2v) is 7.14. The van der Waals surface area contributed by atoms with Crippen molar-refractivity contribution in [2.75, 3.05) is 38.1 Å². The fraction of sp³-hybridized carbons (Fsp3) is 0.611. The smallest absolute Gasteiger partial charge is 0.244 e. The van der Waals surface area contributed by atoms with E-state index in [9.17, 15) is 4.79 Å². The lowest BCUT2D eigenvalue weighted by atomic mass is 9.88. The van der Waals surface area contributed by atoms with Gasteiger partial charge in [-0.25, -0.2) is 0 Å². The molecule has 5 heteroatoms. The van der Waals surface area contributed by atoms with Crippen LogP contribution in [0.1, 0.15) is 26.2 Å². The third kappa shape index (κ3) is 4.06. The first-order valence-electron chi connectivity index (χ1n) is 8.36. The lowest BCUT2D eigenvalue weighted by molar-refractivity contribution is -0.125. The predicted molar refractivity (Wildman–Crippen MR) is 97.3 cm³/mol. The van der Waals surface area contributed by atoms with Crippen LogP contribution in [0.5, 0.6) is 0 Å². The van der Waals surface area contributed by atoms with E-state index in [0.717, 1.165) is 44.7 Å². The normalized spacial score (nSPS) is 28.0. The Hall–Kier alpha value is -1.10. The largest absolute Gasteiger partial charge is 0.316 e. The van der Waals surface area contributed by atoms with E-state index in [-0.39, 0.29) is 24.4 Å². The summed E-state index contributed by atoms with van der Waals surface area (Å²) in [5.74, 6) is 0.259. The van der Waals surface area contributed by atoms with Gasteiger partial charge >= 0.3 is 0 Å². The molecule has 128 valence electrons. The number of carbonyl (C=O) groups is 1. The summed E-state index contributed by atoms with van der Waals surface area (Å²) in [6.45, 7) is 6.30. The standard InChI is InChI=1S/C18H27N3O.ClH/c1-18(10-11-19-13-18)14-20(2)16-9-6-12-21(17(16)22)15-7-4-3-5-8-15;/h3-5,7-8,16,19H,6,9-14H2,1-2H3;1H. The molecule has 0 saturated carbocycles. The Balaban J connectivity index is 0.00000192. The molecular formula is C18H28ClN3O. The third-order valence-corrected chi connectivity index (χ3v) is 5.10. The molecule has 0 radical (unpaired) electrons. The van der Waals surface area contributed by atoms with Gasteiger partial charge in [0.2, 0.25) is 5.91 Å². The number of anilines is 1. The Bertz CT molecular complexity index is 516. The van der Waals surface area contributed by atoms with E-state index in [2.05, 4.69) is 24.2 Å². The van der Waals surface area contributed by atoms with E-state index in [0.29, 0.717) is 5.41 Å². The van der Waals surface area contributed by atoms with Gasteiger partial charge in [0.05, 0.1) is 6.04 Å². The van der Waals surface area contributed by atoms with E-state index in [4.69, 9.17) is 0 Å². The van der Waals surface area contributed by atoms with Gasteiger partial charge in [-0.3, -0.25) is 9.69 Å². The predicted octanol–water partition coefficient (Wildman–Crippen LogP) is 2.54.